The SMILES string of the molecule is CCN(CC)c1ccc(-c2csc(=N)n2-c2c(C)cccc2C)cc1.F.N=Cc1ccc(C(N)=NC=Nc2ccc(OC(F)F)cc2)cc1. The van der Waals surface area contributed by atoms with E-state index in [-0.39, 0.29) is 16.3 Å². The van der Waals surface area contributed by atoms with Crippen molar-refractivity contribution in [1.82, 2.24) is 4.57 Å². The maximum atomic E-state index is 12.0. The second-order valence-electron chi connectivity index (χ2n) is 10.6. The highest BCUT2D eigenvalue weighted by Gasteiger charge is 2.14. The molecule has 1 heterocycles. The van der Waals surface area contributed by atoms with E-state index >= 15 is 0 Å². The molecule has 4 N–H and O–H groups in total. The van der Waals surface area contributed by atoms with Gasteiger partial charge in [0.05, 0.1) is 17.1 Å². The molecule has 0 bridgehead atoms. The van der Waals surface area contributed by atoms with Crippen molar-refractivity contribution in [3.05, 3.63) is 123 Å². The fraction of sp³-hybridized carbons (Fsp3) is 0.189. The van der Waals surface area contributed by atoms with Gasteiger partial charge in [-0.05, 0) is 86.3 Å². The van der Waals surface area contributed by atoms with E-state index in [4.69, 9.17) is 16.6 Å². The second kappa shape index (κ2) is 18.2. The van der Waals surface area contributed by atoms with Gasteiger partial charge in [-0.25, -0.2) is 9.98 Å². The fourth-order valence-corrected chi connectivity index (χ4v) is 5.79. The number of anilines is 1. The number of para-hydroxylation sites is 1. The molecule has 0 fully saturated rings. The number of aromatic nitrogens is 1. The van der Waals surface area contributed by atoms with Gasteiger partial charge in [-0.2, -0.15) is 8.78 Å². The van der Waals surface area contributed by atoms with Gasteiger partial charge < -0.3 is 20.8 Å². The molecule has 0 amide bonds. The first-order valence-corrected chi connectivity index (χ1v) is 16.2. The molecule has 12 heteroatoms. The summed E-state index contributed by atoms with van der Waals surface area (Å²) in [5.74, 6) is 0.344. The second-order valence-corrected chi connectivity index (χ2v) is 11.5. The Morgan fingerprint density at radius 3 is 2.10 bits per heavy atom. The summed E-state index contributed by atoms with van der Waals surface area (Å²) in [4.78, 5) is 11.0. The third-order valence-corrected chi connectivity index (χ3v) is 8.27. The van der Waals surface area contributed by atoms with E-state index in [1.165, 1.54) is 65.0 Å². The molecule has 0 saturated carbocycles. The number of benzene rings is 4. The first-order chi connectivity index (χ1) is 23.1. The fourth-order valence-electron chi connectivity index (χ4n) is 5.03. The van der Waals surface area contributed by atoms with Crippen LogP contribution in [0.3, 0.4) is 0 Å². The van der Waals surface area contributed by atoms with Gasteiger partial charge in [-0.15, -0.1) is 11.3 Å². The van der Waals surface area contributed by atoms with Crippen LogP contribution in [0, 0.1) is 24.7 Å². The Morgan fingerprint density at radius 1 is 0.939 bits per heavy atom. The number of nitrogens with zero attached hydrogens (tertiary/aromatic N) is 4. The van der Waals surface area contributed by atoms with Crippen molar-refractivity contribution in [2.75, 3.05) is 18.0 Å². The number of rotatable bonds is 11. The van der Waals surface area contributed by atoms with Crippen LogP contribution in [0.5, 0.6) is 5.75 Å². The highest BCUT2D eigenvalue weighted by atomic mass is 32.1. The average molecular weight is 688 g/mol. The summed E-state index contributed by atoms with van der Waals surface area (Å²) in [7, 11) is 0. The zero-order valence-corrected chi connectivity index (χ0v) is 28.5. The maximum Gasteiger partial charge on any atom is 0.387 e. The monoisotopic (exact) mass is 687 g/mol. The molecule has 1 aromatic heterocycles. The molecule has 5 aromatic rings. The van der Waals surface area contributed by atoms with E-state index in [2.05, 4.69) is 99.7 Å². The molecule has 0 spiro atoms. The molecule has 256 valence electrons. The number of nitrogens with one attached hydrogen (secondary N) is 2. The first-order valence-electron chi connectivity index (χ1n) is 15.3. The quantitative estimate of drug-likeness (QED) is 0.0954. The van der Waals surface area contributed by atoms with Gasteiger partial charge in [0.15, 0.2) is 4.80 Å². The number of hydrogen-bond acceptors (Lipinski definition) is 6. The Bertz CT molecular complexity index is 1890. The highest BCUT2D eigenvalue weighted by Crippen LogP contribution is 2.28. The van der Waals surface area contributed by atoms with E-state index in [0.29, 0.717) is 16.1 Å². The average Bonchev–Trinajstić information content (AvgIpc) is 3.47. The summed E-state index contributed by atoms with van der Waals surface area (Å²) in [6.45, 7) is 7.74. The maximum absolute atomic E-state index is 12.0. The summed E-state index contributed by atoms with van der Waals surface area (Å²) in [5, 5.41) is 17.6. The van der Waals surface area contributed by atoms with Crippen LogP contribution in [0.1, 0.15) is 36.1 Å². The van der Waals surface area contributed by atoms with E-state index < -0.39 is 6.61 Å². The summed E-state index contributed by atoms with van der Waals surface area (Å²) in [5.41, 5.74) is 14.8. The van der Waals surface area contributed by atoms with Gasteiger partial charge in [0.25, 0.3) is 0 Å². The predicted octanol–water partition coefficient (Wildman–Crippen LogP) is 8.65. The third kappa shape index (κ3) is 10.0. The molecule has 0 aliphatic carbocycles. The van der Waals surface area contributed by atoms with Crippen LogP contribution in [0.4, 0.5) is 24.9 Å². The zero-order chi connectivity index (χ0) is 34.6. The van der Waals surface area contributed by atoms with Gasteiger partial charge in [0, 0.05) is 35.9 Å². The van der Waals surface area contributed by atoms with Gasteiger partial charge in [0.2, 0.25) is 0 Å². The summed E-state index contributed by atoms with van der Waals surface area (Å²) < 4.78 is 30.4. The van der Waals surface area contributed by atoms with Crippen LogP contribution in [0.15, 0.2) is 106 Å². The van der Waals surface area contributed by atoms with E-state index in [9.17, 15) is 8.78 Å². The molecule has 0 saturated heterocycles. The molecule has 0 atom stereocenters. The van der Waals surface area contributed by atoms with E-state index in [1.807, 2.05) is 0 Å². The topological polar surface area (TPSA) is 116 Å². The lowest BCUT2D eigenvalue weighted by Gasteiger charge is -2.21. The molecule has 0 aliphatic heterocycles. The highest BCUT2D eigenvalue weighted by molar-refractivity contribution is 7.07. The molecular formula is C37H40F3N7OS. The van der Waals surface area contributed by atoms with Crippen molar-refractivity contribution in [1.29, 1.82) is 10.8 Å². The number of nitrogens with two attached hydrogens (primary N) is 1. The van der Waals surface area contributed by atoms with Crippen LogP contribution in [0.25, 0.3) is 16.9 Å². The standard InChI is InChI=1S/C21H25N3S.C16H14F2N4O.FH/c1-5-23(6-2)18-12-10-17(11-13-18)19-14-25-21(22)24(19)20-15(3)8-7-9-16(20)4;17-16(18)23-14-7-5-13(6-8-14)21-10-22-15(20)12-3-1-11(9-19)2-4-12;/h7-14,22H,5-6H2,1-4H3;1-10,16,19H,(H2,20,21,22);1H. The lowest BCUT2D eigenvalue weighted by atomic mass is 10.1. The smallest absolute Gasteiger partial charge is 0.387 e. The number of ether oxygens (including phenoxy) is 1. The number of halogens is 3. The molecular weight excluding hydrogens is 648 g/mol. The first kappa shape index (κ1) is 38.0. The Labute approximate surface area is 288 Å². The minimum atomic E-state index is -2.85. The number of amidine groups is 1. The lowest BCUT2D eigenvalue weighted by Crippen LogP contribution is -2.21. The number of aryl methyl sites for hydroxylation is 2. The normalized spacial score (nSPS) is 11.1. The van der Waals surface area contributed by atoms with Crippen LogP contribution < -0.4 is 20.2 Å². The summed E-state index contributed by atoms with van der Waals surface area (Å²) in [6.07, 6.45) is 2.52. The summed E-state index contributed by atoms with van der Waals surface area (Å²) >= 11 is 1.48. The van der Waals surface area contributed by atoms with Crippen molar-refractivity contribution >= 4 is 41.1 Å². The predicted molar refractivity (Wildman–Crippen MR) is 197 cm³/mol. The number of aliphatic imine (C=N–C) groups is 2. The van der Waals surface area contributed by atoms with Crippen molar-refractivity contribution in [3.63, 3.8) is 0 Å². The molecule has 0 aliphatic rings. The van der Waals surface area contributed by atoms with Gasteiger partial charge in [-0.1, -0.05) is 54.6 Å². The Balaban J connectivity index is 0.000000261. The van der Waals surface area contributed by atoms with Crippen molar-refractivity contribution in [3.8, 4) is 22.7 Å². The molecule has 8 nitrogen and oxygen atoms in total. The van der Waals surface area contributed by atoms with E-state index in [0.717, 1.165) is 35.6 Å². The van der Waals surface area contributed by atoms with Crippen LogP contribution >= 0.6 is 11.3 Å². The Hall–Kier alpha value is -5.49. The third-order valence-electron chi connectivity index (χ3n) is 7.52. The van der Waals surface area contributed by atoms with Crippen molar-refractivity contribution < 1.29 is 18.2 Å². The molecule has 4 aromatic carbocycles. The number of hydrogen-bond donors (Lipinski definition) is 3. The molecule has 49 heavy (non-hydrogen) atoms. The van der Waals surface area contributed by atoms with Crippen LogP contribution in [0.2, 0.25) is 0 Å². The van der Waals surface area contributed by atoms with Crippen LogP contribution in [-0.4, -0.2) is 42.7 Å². The largest absolute Gasteiger partial charge is 0.435 e. The lowest BCUT2D eigenvalue weighted by molar-refractivity contribution is -0.0498. The van der Waals surface area contributed by atoms with E-state index in [1.54, 1.807) is 24.3 Å². The minimum Gasteiger partial charge on any atom is -0.435 e. The summed E-state index contributed by atoms with van der Waals surface area (Å²) in [6, 6.07) is 27.8. The molecule has 0 radical (unpaired) electrons. The van der Waals surface area contributed by atoms with Gasteiger partial charge in [0.1, 0.15) is 17.9 Å². The molecule has 0 unspecified atom stereocenters. The number of thiazole rings is 1. The van der Waals surface area contributed by atoms with Gasteiger partial charge in [-0.3, -0.25) is 14.7 Å². The minimum absolute atomic E-state index is 0. The number of alkyl halides is 2. The Kier molecular flexibility index (Phi) is 14.1. The Morgan fingerprint density at radius 2 is 1.55 bits per heavy atom. The van der Waals surface area contributed by atoms with Crippen molar-refractivity contribution in [2.24, 2.45) is 15.7 Å². The van der Waals surface area contributed by atoms with Crippen LogP contribution in [-0.2, 0) is 0 Å². The zero-order valence-electron chi connectivity index (χ0n) is 27.7. The van der Waals surface area contributed by atoms with Crippen molar-refractivity contribution in [2.45, 2.75) is 34.3 Å². The van der Waals surface area contributed by atoms with Gasteiger partial charge >= 0.3 is 6.61 Å². The molecule has 5 rings (SSSR count).